The van der Waals surface area contributed by atoms with Gasteiger partial charge in [0.2, 0.25) is 0 Å². The number of nitrogens with one attached hydrogen (secondary N) is 1. The second kappa shape index (κ2) is 6.36. The molecule has 1 aliphatic carbocycles. The van der Waals surface area contributed by atoms with Crippen LogP contribution < -0.4 is 5.32 Å². The largest absolute Gasteiger partial charge is 0.314 e. The molecule has 5 unspecified atom stereocenters. The Morgan fingerprint density at radius 3 is 2.25 bits per heavy atom. The minimum atomic E-state index is 0.797. The third kappa shape index (κ3) is 2.66. The Morgan fingerprint density at radius 1 is 1.00 bits per heavy atom. The van der Waals surface area contributed by atoms with Crippen molar-refractivity contribution in [3.05, 3.63) is 0 Å². The van der Waals surface area contributed by atoms with Crippen LogP contribution in [0.2, 0.25) is 0 Å². The van der Waals surface area contributed by atoms with Crippen molar-refractivity contribution >= 4 is 0 Å². The lowest BCUT2D eigenvalue weighted by molar-refractivity contribution is -0.0234. The molecule has 3 fully saturated rings. The number of hydrogen-bond acceptors (Lipinski definition) is 2. The Balaban J connectivity index is 1.70. The van der Waals surface area contributed by atoms with Crippen LogP contribution in [0.25, 0.3) is 0 Å². The molecule has 5 atom stereocenters. The van der Waals surface area contributed by atoms with Crippen molar-refractivity contribution in [3.63, 3.8) is 0 Å². The van der Waals surface area contributed by atoms with Crippen molar-refractivity contribution in [2.75, 3.05) is 6.54 Å². The standard InChI is InChI=1S/C18H34N2/c1-4-14-9-10-18(13(14)3)20-16-7-6-8-17(20)12-15(11-16)19-5-2/h13-19H,4-12H2,1-3H3. The van der Waals surface area contributed by atoms with E-state index in [0.29, 0.717) is 0 Å². The summed E-state index contributed by atoms with van der Waals surface area (Å²) in [4.78, 5) is 3.01. The fourth-order valence-electron chi connectivity index (χ4n) is 5.64. The van der Waals surface area contributed by atoms with Gasteiger partial charge in [-0.1, -0.05) is 33.6 Å². The van der Waals surface area contributed by atoms with Gasteiger partial charge >= 0.3 is 0 Å². The molecule has 2 heterocycles. The van der Waals surface area contributed by atoms with E-state index in [9.17, 15) is 0 Å². The number of piperidine rings is 2. The second-order valence-corrected chi connectivity index (χ2v) is 7.58. The second-order valence-electron chi connectivity index (χ2n) is 7.58. The summed E-state index contributed by atoms with van der Waals surface area (Å²) in [6.45, 7) is 8.33. The maximum absolute atomic E-state index is 3.73. The van der Waals surface area contributed by atoms with Gasteiger partial charge in [0.25, 0.3) is 0 Å². The van der Waals surface area contributed by atoms with Crippen LogP contribution in [0.4, 0.5) is 0 Å². The fourth-order valence-corrected chi connectivity index (χ4v) is 5.64. The molecular weight excluding hydrogens is 244 g/mol. The third-order valence-corrected chi connectivity index (χ3v) is 6.62. The van der Waals surface area contributed by atoms with Crippen molar-refractivity contribution in [2.24, 2.45) is 11.8 Å². The summed E-state index contributed by atoms with van der Waals surface area (Å²) in [5.74, 6) is 1.92. The van der Waals surface area contributed by atoms with Crippen molar-refractivity contribution in [3.8, 4) is 0 Å². The highest BCUT2D eigenvalue weighted by atomic mass is 15.2. The Morgan fingerprint density at radius 2 is 1.70 bits per heavy atom. The van der Waals surface area contributed by atoms with Crippen molar-refractivity contribution in [2.45, 2.75) is 96.3 Å². The first-order chi connectivity index (χ1) is 9.74. The molecule has 3 aliphatic rings. The topological polar surface area (TPSA) is 15.3 Å². The predicted octanol–water partition coefficient (Wildman–Crippen LogP) is 3.81. The minimum Gasteiger partial charge on any atom is -0.314 e. The van der Waals surface area contributed by atoms with Gasteiger partial charge in [-0.2, -0.15) is 0 Å². The van der Waals surface area contributed by atoms with Crippen LogP contribution in [0.5, 0.6) is 0 Å². The smallest absolute Gasteiger partial charge is 0.0129 e. The van der Waals surface area contributed by atoms with Crippen LogP contribution in [-0.4, -0.2) is 35.6 Å². The van der Waals surface area contributed by atoms with E-state index >= 15 is 0 Å². The van der Waals surface area contributed by atoms with Crippen molar-refractivity contribution in [1.82, 2.24) is 10.2 Å². The molecule has 2 saturated heterocycles. The van der Waals surface area contributed by atoms with Gasteiger partial charge < -0.3 is 5.32 Å². The normalized spacial score (nSPS) is 45.8. The molecule has 1 saturated carbocycles. The van der Waals surface area contributed by atoms with Gasteiger partial charge in [-0.15, -0.1) is 0 Å². The van der Waals surface area contributed by atoms with Gasteiger partial charge in [-0.05, 0) is 56.9 Å². The summed E-state index contributed by atoms with van der Waals surface area (Å²) in [6.07, 6.45) is 11.5. The molecule has 1 N–H and O–H groups in total. The highest BCUT2D eigenvalue weighted by molar-refractivity contribution is 5.01. The van der Waals surface area contributed by atoms with Crippen LogP contribution >= 0.6 is 0 Å². The Kier molecular flexibility index (Phi) is 4.72. The molecule has 116 valence electrons. The first kappa shape index (κ1) is 14.8. The van der Waals surface area contributed by atoms with Gasteiger partial charge in [0.1, 0.15) is 0 Å². The lowest BCUT2D eigenvalue weighted by atomic mass is 9.79. The van der Waals surface area contributed by atoms with E-state index in [4.69, 9.17) is 0 Å². The molecule has 0 aromatic heterocycles. The van der Waals surface area contributed by atoms with Crippen molar-refractivity contribution < 1.29 is 0 Å². The Bertz CT molecular complexity index is 303. The van der Waals surface area contributed by atoms with E-state index in [0.717, 1.165) is 42.5 Å². The summed E-state index contributed by atoms with van der Waals surface area (Å²) in [5.41, 5.74) is 0. The average Bonchev–Trinajstić information content (AvgIpc) is 2.79. The number of rotatable bonds is 4. The van der Waals surface area contributed by atoms with E-state index in [2.05, 4.69) is 31.0 Å². The summed E-state index contributed by atoms with van der Waals surface area (Å²) >= 11 is 0. The zero-order valence-electron chi connectivity index (χ0n) is 13.8. The zero-order valence-corrected chi connectivity index (χ0v) is 13.8. The van der Waals surface area contributed by atoms with Crippen LogP contribution in [-0.2, 0) is 0 Å². The van der Waals surface area contributed by atoms with Gasteiger partial charge in [-0.25, -0.2) is 0 Å². The minimum absolute atomic E-state index is 0.797. The lowest BCUT2D eigenvalue weighted by Crippen LogP contribution is -2.60. The zero-order chi connectivity index (χ0) is 14.1. The summed E-state index contributed by atoms with van der Waals surface area (Å²) in [7, 11) is 0. The van der Waals surface area contributed by atoms with E-state index < -0.39 is 0 Å². The quantitative estimate of drug-likeness (QED) is 0.841. The molecule has 2 bridgehead atoms. The number of hydrogen-bond donors (Lipinski definition) is 1. The SMILES string of the molecule is CCNC1CC2CCCC(C1)N2C1CCC(CC)C1C. The van der Waals surface area contributed by atoms with Gasteiger partial charge in [0.05, 0.1) is 0 Å². The summed E-state index contributed by atoms with van der Waals surface area (Å²) in [5, 5.41) is 3.73. The highest BCUT2D eigenvalue weighted by Gasteiger charge is 2.45. The van der Waals surface area contributed by atoms with E-state index in [1.807, 2.05) is 0 Å². The van der Waals surface area contributed by atoms with Crippen molar-refractivity contribution in [1.29, 1.82) is 0 Å². The van der Waals surface area contributed by atoms with Gasteiger partial charge in [-0.3, -0.25) is 4.90 Å². The van der Waals surface area contributed by atoms with Crippen LogP contribution in [0.15, 0.2) is 0 Å². The van der Waals surface area contributed by atoms with E-state index in [1.54, 1.807) is 0 Å². The molecule has 2 heteroatoms. The number of fused-ring (bicyclic) bond motifs is 2. The summed E-state index contributed by atoms with van der Waals surface area (Å²) in [6, 6.07) is 3.47. The van der Waals surface area contributed by atoms with Crippen LogP contribution in [0.1, 0.15) is 72.1 Å². The van der Waals surface area contributed by atoms with Crippen LogP contribution in [0, 0.1) is 11.8 Å². The lowest BCUT2D eigenvalue weighted by Gasteiger charge is -2.53. The monoisotopic (exact) mass is 278 g/mol. The average molecular weight is 278 g/mol. The molecule has 0 amide bonds. The van der Waals surface area contributed by atoms with Gasteiger partial charge in [0, 0.05) is 24.2 Å². The molecule has 2 nitrogen and oxygen atoms in total. The molecule has 0 radical (unpaired) electrons. The summed E-state index contributed by atoms with van der Waals surface area (Å²) < 4.78 is 0. The molecule has 3 rings (SSSR count). The van der Waals surface area contributed by atoms with Gasteiger partial charge in [0.15, 0.2) is 0 Å². The molecule has 0 aromatic carbocycles. The maximum atomic E-state index is 3.73. The molecule has 0 aromatic rings. The molecule has 0 spiro atoms. The molecular formula is C18H34N2. The fraction of sp³-hybridized carbons (Fsp3) is 1.00. The Labute approximate surface area is 125 Å². The first-order valence-corrected chi connectivity index (χ1v) is 9.25. The third-order valence-electron chi connectivity index (χ3n) is 6.62. The maximum Gasteiger partial charge on any atom is 0.0129 e. The predicted molar refractivity (Wildman–Crippen MR) is 85.9 cm³/mol. The molecule has 2 aliphatic heterocycles. The van der Waals surface area contributed by atoms with E-state index in [-0.39, 0.29) is 0 Å². The van der Waals surface area contributed by atoms with Crippen LogP contribution in [0.3, 0.4) is 0 Å². The highest BCUT2D eigenvalue weighted by Crippen LogP contribution is 2.44. The molecule has 20 heavy (non-hydrogen) atoms. The Hall–Kier alpha value is -0.0800. The van der Waals surface area contributed by atoms with E-state index in [1.165, 1.54) is 51.4 Å². The number of nitrogens with zero attached hydrogens (tertiary/aromatic N) is 1. The first-order valence-electron chi connectivity index (χ1n) is 9.25.